The zero-order chi connectivity index (χ0) is 25.1. The number of anilines is 2. The highest BCUT2D eigenvalue weighted by Gasteiger charge is 2.21. The summed E-state index contributed by atoms with van der Waals surface area (Å²) in [7, 11) is -2.29. The van der Waals surface area contributed by atoms with Gasteiger partial charge in [0.2, 0.25) is 0 Å². The van der Waals surface area contributed by atoms with Gasteiger partial charge in [0.25, 0.3) is 15.9 Å². The molecule has 5 aromatic rings. The lowest BCUT2D eigenvalue weighted by Crippen LogP contribution is -2.26. The monoisotopic (exact) mass is 497 g/mol. The second kappa shape index (κ2) is 9.63. The first-order valence-electron chi connectivity index (χ1n) is 11.2. The standard InChI is InChI=1S/C27H23N5O3S/c1-31(23-9-3-2-4-10-23)36(34,35)24-11-7-8-22(18-24)28-27(33)21-16-14-20(15-17-21)19-32-26-13-6-5-12-25(26)29-30-32/h2-18H,19H2,1H3,(H,28,33). The van der Waals surface area contributed by atoms with Gasteiger partial charge in [-0.05, 0) is 60.2 Å². The van der Waals surface area contributed by atoms with Crippen LogP contribution in [0.4, 0.5) is 11.4 Å². The van der Waals surface area contributed by atoms with Crippen LogP contribution in [0.3, 0.4) is 0 Å². The summed E-state index contributed by atoms with van der Waals surface area (Å²) in [5, 5.41) is 11.2. The molecule has 0 spiro atoms. The van der Waals surface area contributed by atoms with Crippen LogP contribution in [0.2, 0.25) is 0 Å². The van der Waals surface area contributed by atoms with E-state index in [1.165, 1.54) is 23.5 Å². The molecule has 1 amide bonds. The maximum Gasteiger partial charge on any atom is 0.264 e. The van der Waals surface area contributed by atoms with E-state index in [9.17, 15) is 13.2 Å². The van der Waals surface area contributed by atoms with E-state index in [2.05, 4.69) is 15.6 Å². The van der Waals surface area contributed by atoms with E-state index in [4.69, 9.17) is 0 Å². The number of fused-ring (bicyclic) bond motifs is 1. The molecule has 0 bridgehead atoms. The predicted octanol–water partition coefficient (Wildman–Crippen LogP) is 4.56. The number of carbonyl (C=O) groups excluding carboxylic acids is 1. The molecule has 36 heavy (non-hydrogen) atoms. The van der Waals surface area contributed by atoms with Gasteiger partial charge < -0.3 is 5.32 Å². The Hall–Kier alpha value is -4.50. The lowest BCUT2D eigenvalue weighted by atomic mass is 10.1. The maximum absolute atomic E-state index is 13.1. The van der Waals surface area contributed by atoms with Crippen molar-refractivity contribution in [2.45, 2.75) is 11.4 Å². The average molecular weight is 498 g/mol. The van der Waals surface area contributed by atoms with Crippen LogP contribution in [-0.4, -0.2) is 36.4 Å². The molecule has 1 N–H and O–H groups in total. The summed E-state index contributed by atoms with van der Waals surface area (Å²) in [4.78, 5) is 12.9. The molecule has 1 heterocycles. The number of nitrogens with zero attached hydrogens (tertiary/aromatic N) is 4. The normalized spacial score (nSPS) is 11.4. The Morgan fingerprint density at radius 3 is 2.39 bits per heavy atom. The highest BCUT2D eigenvalue weighted by atomic mass is 32.2. The molecule has 1 aromatic heterocycles. The molecule has 9 heteroatoms. The Balaban J connectivity index is 1.29. The van der Waals surface area contributed by atoms with Crippen molar-refractivity contribution in [3.05, 3.63) is 114 Å². The molecule has 0 aliphatic carbocycles. The molecule has 180 valence electrons. The first-order chi connectivity index (χ1) is 17.4. The number of para-hydroxylation sites is 2. The fraction of sp³-hybridized carbons (Fsp3) is 0.0741. The summed E-state index contributed by atoms with van der Waals surface area (Å²) in [5.74, 6) is -0.335. The van der Waals surface area contributed by atoms with Crippen molar-refractivity contribution < 1.29 is 13.2 Å². The van der Waals surface area contributed by atoms with Crippen LogP contribution in [0.1, 0.15) is 15.9 Å². The van der Waals surface area contributed by atoms with Gasteiger partial charge in [-0.2, -0.15) is 0 Å². The second-order valence-corrected chi connectivity index (χ2v) is 10.2. The third kappa shape index (κ3) is 4.69. The van der Waals surface area contributed by atoms with Gasteiger partial charge in [0.05, 0.1) is 22.6 Å². The summed E-state index contributed by atoms with van der Waals surface area (Å²) in [6.45, 7) is 0.525. The molecule has 8 nitrogen and oxygen atoms in total. The van der Waals surface area contributed by atoms with E-state index >= 15 is 0 Å². The molecule has 0 aliphatic rings. The van der Waals surface area contributed by atoms with Crippen LogP contribution in [0.15, 0.2) is 108 Å². The van der Waals surface area contributed by atoms with Gasteiger partial charge in [-0.1, -0.05) is 53.7 Å². The van der Waals surface area contributed by atoms with E-state index < -0.39 is 10.0 Å². The molecule has 0 unspecified atom stereocenters. The number of nitrogens with one attached hydrogen (secondary N) is 1. The van der Waals surface area contributed by atoms with Crippen molar-refractivity contribution in [1.82, 2.24) is 15.0 Å². The minimum absolute atomic E-state index is 0.0852. The Morgan fingerprint density at radius 1 is 0.889 bits per heavy atom. The number of aromatic nitrogens is 3. The summed E-state index contributed by atoms with van der Waals surface area (Å²) >= 11 is 0. The van der Waals surface area contributed by atoms with Crippen molar-refractivity contribution in [2.24, 2.45) is 0 Å². The fourth-order valence-electron chi connectivity index (χ4n) is 3.84. The first kappa shape index (κ1) is 23.3. The van der Waals surface area contributed by atoms with E-state index in [-0.39, 0.29) is 10.8 Å². The van der Waals surface area contributed by atoms with Gasteiger partial charge in [-0.3, -0.25) is 9.10 Å². The maximum atomic E-state index is 13.1. The van der Waals surface area contributed by atoms with Gasteiger partial charge in [-0.15, -0.1) is 5.10 Å². The SMILES string of the molecule is CN(c1ccccc1)S(=O)(=O)c1cccc(NC(=O)c2ccc(Cn3nnc4ccccc43)cc2)c1. The van der Waals surface area contributed by atoms with Gasteiger partial charge in [0.15, 0.2) is 0 Å². The Labute approximate surface area is 208 Å². The van der Waals surface area contributed by atoms with E-state index in [1.54, 1.807) is 48.5 Å². The highest BCUT2D eigenvalue weighted by molar-refractivity contribution is 7.92. The van der Waals surface area contributed by atoms with Crippen molar-refractivity contribution in [1.29, 1.82) is 0 Å². The first-order valence-corrected chi connectivity index (χ1v) is 12.7. The van der Waals surface area contributed by atoms with Crippen LogP contribution in [0.25, 0.3) is 11.0 Å². The van der Waals surface area contributed by atoms with Crippen molar-refractivity contribution >= 4 is 38.3 Å². The van der Waals surface area contributed by atoms with Crippen LogP contribution < -0.4 is 9.62 Å². The van der Waals surface area contributed by atoms with Crippen molar-refractivity contribution in [3.8, 4) is 0 Å². The van der Waals surface area contributed by atoms with Crippen LogP contribution in [-0.2, 0) is 16.6 Å². The number of hydrogen-bond donors (Lipinski definition) is 1. The number of sulfonamides is 1. The molecule has 0 atom stereocenters. The fourth-order valence-corrected chi connectivity index (χ4v) is 5.08. The zero-order valence-electron chi connectivity index (χ0n) is 19.4. The lowest BCUT2D eigenvalue weighted by Gasteiger charge is -2.20. The highest BCUT2D eigenvalue weighted by Crippen LogP contribution is 2.24. The van der Waals surface area contributed by atoms with Gasteiger partial charge in [0, 0.05) is 18.3 Å². The topological polar surface area (TPSA) is 97.2 Å². The lowest BCUT2D eigenvalue weighted by molar-refractivity contribution is 0.102. The molecule has 0 fully saturated rings. The quantitative estimate of drug-likeness (QED) is 0.356. The number of amides is 1. The zero-order valence-corrected chi connectivity index (χ0v) is 20.3. The summed E-state index contributed by atoms with van der Waals surface area (Å²) in [6.07, 6.45) is 0. The molecular weight excluding hydrogens is 474 g/mol. The summed E-state index contributed by atoms with van der Waals surface area (Å²) in [6, 6.07) is 29.9. The van der Waals surface area contributed by atoms with Gasteiger partial charge >= 0.3 is 0 Å². The van der Waals surface area contributed by atoms with Crippen molar-refractivity contribution in [3.63, 3.8) is 0 Å². The average Bonchev–Trinajstić information content (AvgIpc) is 3.32. The predicted molar refractivity (Wildman–Crippen MR) is 139 cm³/mol. The number of rotatable bonds is 7. The second-order valence-electron chi connectivity index (χ2n) is 8.22. The smallest absolute Gasteiger partial charge is 0.264 e. The van der Waals surface area contributed by atoms with E-state index in [1.807, 2.05) is 47.1 Å². The van der Waals surface area contributed by atoms with E-state index in [0.29, 0.717) is 23.5 Å². The van der Waals surface area contributed by atoms with Crippen LogP contribution in [0, 0.1) is 0 Å². The minimum atomic E-state index is -3.79. The van der Waals surface area contributed by atoms with E-state index in [0.717, 1.165) is 16.6 Å². The third-order valence-electron chi connectivity index (χ3n) is 5.84. The Bertz CT molecular complexity index is 1630. The number of carbonyl (C=O) groups is 1. The Morgan fingerprint density at radius 2 is 1.61 bits per heavy atom. The van der Waals surface area contributed by atoms with Gasteiger partial charge in [0.1, 0.15) is 5.52 Å². The largest absolute Gasteiger partial charge is 0.322 e. The van der Waals surface area contributed by atoms with Crippen molar-refractivity contribution in [2.75, 3.05) is 16.7 Å². The molecule has 5 rings (SSSR count). The Kier molecular flexibility index (Phi) is 6.22. The number of hydrogen-bond acceptors (Lipinski definition) is 5. The van der Waals surface area contributed by atoms with Crippen LogP contribution >= 0.6 is 0 Å². The third-order valence-corrected chi connectivity index (χ3v) is 7.62. The molecule has 4 aromatic carbocycles. The van der Waals surface area contributed by atoms with Gasteiger partial charge in [-0.25, -0.2) is 13.1 Å². The molecule has 0 radical (unpaired) electrons. The molecule has 0 saturated heterocycles. The molecule has 0 saturated carbocycles. The summed E-state index contributed by atoms with van der Waals surface area (Å²) < 4.78 is 29.2. The van der Waals surface area contributed by atoms with Crippen LogP contribution in [0.5, 0.6) is 0 Å². The summed E-state index contributed by atoms with van der Waals surface area (Å²) in [5.41, 5.74) is 4.13. The minimum Gasteiger partial charge on any atom is -0.322 e. The molecular formula is C27H23N5O3S. The number of benzene rings is 4. The molecule has 0 aliphatic heterocycles.